The Morgan fingerprint density at radius 3 is 2.57 bits per heavy atom. The number of hydrogen-bond acceptors (Lipinski definition) is 3. The first kappa shape index (κ1) is 16.5. The number of nitrogens with one attached hydrogen (secondary N) is 1. The topological polar surface area (TPSA) is 50.9 Å². The van der Waals surface area contributed by atoms with Gasteiger partial charge < -0.3 is 0 Å². The lowest BCUT2D eigenvalue weighted by atomic mass is 9.96. The Hall–Kier alpha value is -0.900. The van der Waals surface area contributed by atoms with Crippen LogP contribution in [0.1, 0.15) is 22.7 Å². The van der Waals surface area contributed by atoms with Gasteiger partial charge in [-0.05, 0) is 46.4 Å². The van der Waals surface area contributed by atoms with Gasteiger partial charge in [0.15, 0.2) is 0 Å². The molecular weight excluding hydrogens is 418 g/mol. The van der Waals surface area contributed by atoms with Gasteiger partial charge in [0.2, 0.25) is 0 Å². The minimum atomic E-state index is -4.49. The van der Waals surface area contributed by atoms with Gasteiger partial charge in [-0.15, -0.1) is 0 Å². The average molecular weight is 428 g/mol. The maximum absolute atomic E-state index is 13.1. The van der Waals surface area contributed by atoms with Crippen LogP contribution < -0.4 is 11.3 Å². The summed E-state index contributed by atoms with van der Waals surface area (Å²) in [6, 6.07) is 5.04. The first-order valence-corrected chi connectivity index (χ1v) is 7.22. The van der Waals surface area contributed by atoms with Crippen LogP contribution in [0.3, 0.4) is 0 Å². The number of halogens is 5. The zero-order valence-electron chi connectivity index (χ0n) is 10.5. The van der Waals surface area contributed by atoms with Crippen LogP contribution in [0.5, 0.6) is 0 Å². The maximum Gasteiger partial charge on any atom is 0.416 e. The first-order chi connectivity index (χ1) is 9.84. The Morgan fingerprint density at radius 1 is 1.29 bits per heavy atom. The summed E-state index contributed by atoms with van der Waals surface area (Å²) in [4.78, 5) is 3.76. The molecule has 0 aliphatic rings. The zero-order valence-corrected chi connectivity index (χ0v) is 13.4. The van der Waals surface area contributed by atoms with Gasteiger partial charge in [-0.1, -0.05) is 17.7 Å². The number of alkyl halides is 3. The Labute approximate surface area is 137 Å². The van der Waals surface area contributed by atoms with E-state index in [0.29, 0.717) is 10.6 Å². The lowest BCUT2D eigenvalue weighted by Crippen LogP contribution is -2.30. The smallest absolute Gasteiger partial charge is 0.271 e. The van der Waals surface area contributed by atoms with Gasteiger partial charge in [0.25, 0.3) is 0 Å². The summed E-state index contributed by atoms with van der Waals surface area (Å²) in [6.07, 6.45) is -2.24. The van der Waals surface area contributed by atoms with Crippen LogP contribution in [0.25, 0.3) is 0 Å². The van der Waals surface area contributed by atoms with E-state index in [1.165, 1.54) is 0 Å². The molecule has 1 unspecified atom stereocenters. The van der Waals surface area contributed by atoms with Crippen LogP contribution in [0.4, 0.5) is 13.2 Å². The molecule has 2 rings (SSSR count). The molecule has 112 valence electrons. The number of hydrogen-bond donors (Lipinski definition) is 2. The van der Waals surface area contributed by atoms with Gasteiger partial charge in [-0.2, -0.15) is 13.2 Å². The van der Waals surface area contributed by atoms with Crippen molar-refractivity contribution < 1.29 is 13.2 Å². The molecule has 0 aliphatic carbocycles. The number of rotatable bonds is 3. The highest BCUT2D eigenvalue weighted by Gasteiger charge is 2.35. The fourth-order valence-electron chi connectivity index (χ4n) is 1.95. The molecule has 3 nitrogen and oxygen atoms in total. The predicted molar refractivity (Wildman–Crippen MR) is 82.6 cm³/mol. The summed E-state index contributed by atoms with van der Waals surface area (Å²) in [5.74, 6) is 5.45. The van der Waals surface area contributed by atoms with Crippen molar-refractivity contribution in [2.45, 2.75) is 12.2 Å². The normalized spacial score (nSPS) is 13.2. The molecule has 0 saturated carbocycles. The van der Waals surface area contributed by atoms with E-state index in [1.807, 2.05) is 22.6 Å². The minimum absolute atomic E-state index is 0.0511. The highest BCUT2D eigenvalue weighted by molar-refractivity contribution is 14.1. The van der Waals surface area contributed by atoms with Gasteiger partial charge in [-0.3, -0.25) is 10.8 Å². The number of hydrazine groups is 1. The van der Waals surface area contributed by atoms with Gasteiger partial charge in [0.1, 0.15) is 0 Å². The average Bonchev–Trinajstić information content (AvgIpc) is 2.43. The predicted octanol–water partition coefficient (Wildman–Crippen LogP) is 3.91. The zero-order chi connectivity index (χ0) is 15.6. The van der Waals surface area contributed by atoms with Crippen molar-refractivity contribution in [2.75, 3.05) is 0 Å². The van der Waals surface area contributed by atoms with Gasteiger partial charge in [-0.25, -0.2) is 5.43 Å². The number of pyridine rings is 1. The fraction of sp³-hybridized carbons (Fsp3) is 0.154. The lowest BCUT2D eigenvalue weighted by molar-refractivity contribution is -0.138. The van der Waals surface area contributed by atoms with Crippen molar-refractivity contribution in [2.24, 2.45) is 5.84 Å². The highest BCUT2D eigenvalue weighted by Crippen LogP contribution is 2.36. The van der Waals surface area contributed by atoms with E-state index < -0.39 is 17.8 Å². The SMILES string of the molecule is NNC(c1ccc(I)c(Cl)c1)c1cnccc1C(F)(F)F. The van der Waals surface area contributed by atoms with Crippen molar-refractivity contribution in [3.63, 3.8) is 0 Å². The van der Waals surface area contributed by atoms with Crippen molar-refractivity contribution in [3.05, 3.63) is 61.9 Å². The van der Waals surface area contributed by atoms with Gasteiger partial charge >= 0.3 is 6.18 Å². The maximum atomic E-state index is 13.1. The monoisotopic (exact) mass is 427 g/mol. The largest absolute Gasteiger partial charge is 0.416 e. The van der Waals surface area contributed by atoms with Crippen LogP contribution >= 0.6 is 34.2 Å². The van der Waals surface area contributed by atoms with Crippen LogP contribution in [0.2, 0.25) is 5.02 Å². The molecule has 0 radical (unpaired) electrons. The van der Waals surface area contributed by atoms with Crippen molar-refractivity contribution in [1.82, 2.24) is 10.4 Å². The van der Waals surface area contributed by atoms with Crippen LogP contribution in [-0.2, 0) is 6.18 Å². The van der Waals surface area contributed by atoms with E-state index in [2.05, 4.69) is 10.4 Å². The molecule has 8 heteroatoms. The summed E-state index contributed by atoms with van der Waals surface area (Å²) >= 11 is 8.05. The summed E-state index contributed by atoms with van der Waals surface area (Å²) in [5.41, 5.74) is 2.09. The molecule has 0 amide bonds. The Balaban J connectivity index is 2.54. The summed E-state index contributed by atoms with van der Waals surface area (Å²) in [6.45, 7) is 0. The van der Waals surface area contributed by atoms with E-state index in [9.17, 15) is 13.2 Å². The second kappa shape index (κ2) is 6.47. The highest BCUT2D eigenvalue weighted by atomic mass is 127. The van der Waals surface area contributed by atoms with Gasteiger partial charge in [0.05, 0.1) is 16.6 Å². The molecule has 0 bridgehead atoms. The molecule has 1 aromatic carbocycles. The molecule has 1 atom stereocenters. The standard InChI is InChI=1S/C13H10ClF3IN3/c14-10-5-7(1-2-11(10)18)12(21-19)8-6-20-4-3-9(8)13(15,16)17/h1-6,12,21H,19H2. The molecule has 1 aromatic heterocycles. The second-order valence-corrected chi connectivity index (χ2v) is 5.80. The van der Waals surface area contributed by atoms with E-state index in [0.717, 1.165) is 22.0 Å². The molecule has 21 heavy (non-hydrogen) atoms. The number of aromatic nitrogens is 1. The van der Waals surface area contributed by atoms with E-state index in [-0.39, 0.29) is 5.56 Å². The molecule has 0 fully saturated rings. The van der Waals surface area contributed by atoms with E-state index >= 15 is 0 Å². The quantitative estimate of drug-likeness (QED) is 0.444. The van der Waals surface area contributed by atoms with E-state index in [4.69, 9.17) is 17.4 Å². The second-order valence-electron chi connectivity index (χ2n) is 4.23. The van der Waals surface area contributed by atoms with E-state index in [1.54, 1.807) is 18.2 Å². The number of nitrogens with two attached hydrogens (primary N) is 1. The minimum Gasteiger partial charge on any atom is -0.271 e. The molecule has 0 spiro atoms. The Bertz CT molecular complexity index is 649. The third kappa shape index (κ3) is 3.65. The summed E-state index contributed by atoms with van der Waals surface area (Å²) in [7, 11) is 0. The van der Waals surface area contributed by atoms with Crippen molar-refractivity contribution in [1.29, 1.82) is 0 Å². The first-order valence-electron chi connectivity index (χ1n) is 5.76. The molecular formula is C13H10ClF3IN3. The Kier molecular flexibility index (Phi) is 5.07. The fourth-order valence-corrected chi connectivity index (χ4v) is 2.48. The number of nitrogens with zero attached hydrogens (tertiary/aromatic N) is 1. The Morgan fingerprint density at radius 2 is 2.00 bits per heavy atom. The van der Waals surface area contributed by atoms with Gasteiger partial charge in [0, 0.05) is 21.5 Å². The third-order valence-corrected chi connectivity index (χ3v) is 4.48. The van der Waals surface area contributed by atoms with Crippen molar-refractivity contribution >= 4 is 34.2 Å². The number of benzene rings is 1. The molecule has 0 saturated heterocycles. The molecule has 3 N–H and O–H groups in total. The van der Waals surface area contributed by atoms with Crippen LogP contribution in [0.15, 0.2) is 36.7 Å². The van der Waals surface area contributed by atoms with Crippen LogP contribution in [-0.4, -0.2) is 4.98 Å². The third-order valence-electron chi connectivity index (χ3n) is 2.91. The van der Waals surface area contributed by atoms with Crippen molar-refractivity contribution in [3.8, 4) is 0 Å². The summed E-state index contributed by atoms with van der Waals surface area (Å²) in [5, 5.41) is 0.450. The molecule has 1 heterocycles. The van der Waals surface area contributed by atoms with Crippen LogP contribution in [0, 0.1) is 3.57 Å². The molecule has 2 aromatic rings. The summed E-state index contributed by atoms with van der Waals surface area (Å²) < 4.78 is 40.0. The molecule has 0 aliphatic heterocycles. The lowest BCUT2D eigenvalue weighted by Gasteiger charge is -2.21.